The monoisotopic (exact) mass is 345 g/mol. The molecule has 0 spiro atoms. The van der Waals surface area contributed by atoms with Crippen LogP contribution in [0.3, 0.4) is 0 Å². The summed E-state index contributed by atoms with van der Waals surface area (Å²) in [5.41, 5.74) is 3.85. The number of rotatable bonds is 6. The first-order valence-electron chi connectivity index (χ1n) is 7.31. The van der Waals surface area contributed by atoms with E-state index in [0.29, 0.717) is 12.5 Å². The molecule has 1 aromatic rings. The van der Waals surface area contributed by atoms with Crippen LogP contribution in [0.25, 0.3) is 0 Å². The summed E-state index contributed by atoms with van der Waals surface area (Å²) >= 11 is 3.46. The molecule has 2 unspecified atom stereocenters. The van der Waals surface area contributed by atoms with Crippen LogP contribution in [-0.4, -0.2) is 27.7 Å². The number of nitrogens with zero attached hydrogens (tertiary/aromatic N) is 3. The van der Waals surface area contributed by atoms with Crippen LogP contribution in [0.5, 0.6) is 0 Å². The smallest absolute Gasteiger partial charge is 0.153 e. The second-order valence-electron chi connectivity index (χ2n) is 5.35. The fourth-order valence-corrected chi connectivity index (χ4v) is 3.73. The Morgan fingerprint density at radius 1 is 1.45 bits per heavy atom. The number of aromatic nitrogens is 3. The molecule has 114 valence electrons. The van der Waals surface area contributed by atoms with E-state index >= 15 is 0 Å². The molecule has 1 heterocycles. The maximum absolute atomic E-state index is 6.04. The second-order valence-corrected chi connectivity index (χ2v) is 6.10. The molecule has 3 N–H and O–H groups in total. The van der Waals surface area contributed by atoms with Crippen LogP contribution in [0.15, 0.2) is 4.60 Å². The highest BCUT2D eigenvalue weighted by molar-refractivity contribution is 9.10. The van der Waals surface area contributed by atoms with Gasteiger partial charge < -0.3 is 4.74 Å². The molecule has 0 saturated heterocycles. The Morgan fingerprint density at radius 2 is 2.15 bits per heavy atom. The number of nitrogens with one attached hydrogen (secondary N) is 1. The maximum Gasteiger partial charge on any atom is 0.153 e. The van der Waals surface area contributed by atoms with Crippen LogP contribution >= 0.6 is 15.9 Å². The van der Waals surface area contributed by atoms with Crippen LogP contribution in [0, 0.1) is 5.92 Å². The molecule has 0 bridgehead atoms. The molecular weight excluding hydrogens is 322 g/mol. The Kier molecular flexibility index (Phi) is 5.95. The Hall–Kier alpha value is -0.500. The second kappa shape index (κ2) is 7.49. The van der Waals surface area contributed by atoms with Crippen LogP contribution in [0.4, 0.5) is 0 Å². The molecule has 7 heteroatoms. The third-order valence-corrected chi connectivity index (χ3v) is 4.67. The van der Waals surface area contributed by atoms with E-state index in [1.54, 1.807) is 4.68 Å². The highest BCUT2D eigenvalue weighted by Crippen LogP contribution is 2.35. The van der Waals surface area contributed by atoms with E-state index in [4.69, 9.17) is 10.6 Å². The van der Waals surface area contributed by atoms with Crippen LogP contribution in [0.1, 0.15) is 50.8 Å². The summed E-state index contributed by atoms with van der Waals surface area (Å²) in [5.74, 6) is 6.35. The zero-order valence-corrected chi connectivity index (χ0v) is 13.8. The van der Waals surface area contributed by atoms with Crippen LogP contribution < -0.4 is 11.3 Å². The molecule has 1 aliphatic rings. The Morgan fingerprint density at radius 3 is 2.65 bits per heavy atom. The quantitative estimate of drug-likeness (QED) is 0.609. The van der Waals surface area contributed by atoms with E-state index < -0.39 is 0 Å². The van der Waals surface area contributed by atoms with Gasteiger partial charge in [0.25, 0.3) is 0 Å². The van der Waals surface area contributed by atoms with Gasteiger partial charge in [-0.15, -0.1) is 5.10 Å². The number of nitrogens with two attached hydrogens (primary N) is 1. The zero-order chi connectivity index (χ0) is 14.5. The normalized spacial score (nSPS) is 20.0. The minimum absolute atomic E-state index is 0.0544. The van der Waals surface area contributed by atoms with Gasteiger partial charge in [-0.3, -0.25) is 5.84 Å². The molecule has 2 atom stereocenters. The maximum atomic E-state index is 6.04. The van der Waals surface area contributed by atoms with Gasteiger partial charge in [0.1, 0.15) is 0 Å². The molecule has 6 nitrogen and oxygen atoms in total. The van der Waals surface area contributed by atoms with Gasteiger partial charge in [0, 0.05) is 13.7 Å². The highest BCUT2D eigenvalue weighted by Gasteiger charge is 2.34. The largest absolute Gasteiger partial charge is 0.376 e. The third-order valence-electron chi connectivity index (χ3n) is 4.10. The van der Waals surface area contributed by atoms with Gasteiger partial charge in [0.05, 0.1) is 17.8 Å². The van der Waals surface area contributed by atoms with E-state index in [2.05, 4.69) is 31.7 Å². The molecule has 1 fully saturated rings. The predicted molar refractivity (Wildman–Crippen MR) is 80.8 cm³/mol. The average molecular weight is 346 g/mol. The predicted octanol–water partition coefficient (Wildman–Crippen LogP) is 2.07. The van der Waals surface area contributed by atoms with E-state index in [1.165, 1.54) is 32.1 Å². The SMILES string of the molecule is CCOC(C1CCCCC1)C(NN)c1c(Br)nnn1C. The summed E-state index contributed by atoms with van der Waals surface area (Å²) in [6, 6.07) is -0.104. The van der Waals surface area contributed by atoms with Gasteiger partial charge in [-0.05, 0) is 41.6 Å². The molecule has 20 heavy (non-hydrogen) atoms. The first-order valence-corrected chi connectivity index (χ1v) is 8.11. The lowest BCUT2D eigenvalue weighted by atomic mass is 9.82. The van der Waals surface area contributed by atoms with Crippen molar-refractivity contribution in [3.05, 3.63) is 10.3 Å². The van der Waals surface area contributed by atoms with Gasteiger partial charge in [-0.2, -0.15) is 0 Å². The lowest BCUT2D eigenvalue weighted by Crippen LogP contribution is -2.43. The minimum atomic E-state index is -0.104. The number of hydrogen-bond donors (Lipinski definition) is 2. The lowest BCUT2D eigenvalue weighted by molar-refractivity contribution is -0.0202. The fraction of sp³-hybridized carbons (Fsp3) is 0.846. The zero-order valence-electron chi connectivity index (χ0n) is 12.2. The first kappa shape index (κ1) is 15.9. The molecule has 0 amide bonds. The number of hydrogen-bond acceptors (Lipinski definition) is 5. The lowest BCUT2D eigenvalue weighted by Gasteiger charge is -2.35. The van der Waals surface area contributed by atoms with Crippen molar-refractivity contribution in [2.45, 2.75) is 51.2 Å². The molecule has 1 aromatic heterocycles. The Bertz CT molecular complexity index is 399. The molecule has 0 aromatic carbocycles. The van der Waals surface area contributed by atoms with Crippen molar-refractivity contribution < 1.29 is 4.74 Å². The summed E-state index contributed by atoms with van der Waals surface area (Å²) in [6.07, 6.45) is 6.33. The number of aryl methyl sites for hydroxylation is 1. The number of hydrazine groups is 1. The summed E-state index contributed by atoms with van der Waals surface area (Å²) in [5, 5.41) is 8.09. The summed E-state index contributed by atoms with van der Waals surface area (Å²) in [7, 11) is 1.88. The van der Waals surface area contributed by atoms with Gasteiger partial charge in [-0.1, -0.05) is 24.5 Å². The molecule has 1 saturated carbocycles. The topological polar surface area (TPSA) is 78.0 Å². The van der Waals surface area contributed by atoms with Crippen LogP contribution in [-0.2, 0) is 11.8 Å². The summed E-state index contributed by atoms with van der Waals surface area (Å²) < 4.78 is 8.51. The van der Waals surface area contributed by atoms with Gasteiger partial charge in [-0.25, -0.2) is 10.1 Å². The molecule has 2 rings (SSSR count). The molecule has 1 aliphatic carbocycles. The Balaban J connectivity index is 2.24. The van der Waals surface area contributed by atoms with E-state index in [0.717, 1.165) is 10.3 Å². The molecule has 0 radical (unpaired) electrons. The van der Waals surface area contributed by atoms with Gasteiger partial charge in [0.15, 0.2) is 4.60 Å². The standard InChI is InChI=1S/C13H24BrN5O/c1-3-20-12(9-7-5-4-6-8-9)10(16-15)11-13(14)17-18-19(11)2/h9-10,12,16H,3-8,15H2,1-2H3. The van der Waals surface area contributed by atoms with Gasteiger partial charge in [0.2, 0.25) is 0 Å². The van der Waals surface area contributed by atoms with Crippen molar-refractivity contribution in [2.75, 3.05) is 6.61 Å². The van der Waals surface area contributed by atoms with Crippen molar-refractivity contribution in [3.8, 4) is 0 Å². The summed E-state index contributed by atoms with van der Waals surface area (Å²) in [6.45, 7) is 2.71. The Labute approximate surface area is 128 Å². The fourth-order valence-electron chi connectivity index (χ4n) is 3.16. The van der Waals surface area contributed by atoms with Crippen molar-refractivity contribution in [3.63, 3.8) is 0 Å². The minimum Gasteiger partial charge on any atom is -0.376 e. The molecule has 0 aliphatic heterocycles. The first-order chi connectivity index (χ1) is 9.69. The highest BCUT2D eigenvalue weighted by atomic mass is 79.9. The molecular formula is C13H24BrN5O. The summed E-state index contributed by atoms with van der Waals surface area (Å²) in [4.78, 5) is 0. The van der Waals surface area contributed by atoms with Crippen molar-refractivity contribution in [1.29, 1.82) is 0 Å². The third kappa shape index (κ3) is 3.39. The van der Waals surface area contributed by atoms with Gasteiger partial charge >= 0.3 is 0 Å². The van der Waals surface area contributed by atoms with Crippen LogP contribution in [0.2, 0.25) is 0 Å². The van der Waals surface area contributed by atoms with Crippen molar-refractivity contribution >= 4 is 15.9 Å². The van der Waals surface area contributed by atoms with Crippen molar-refractivity contribution in [2.24, 2.45) is 18.8 Å². The number of halogens is 1. The van der Waals surface area contributed by atoms with E-state index in [-0.39, 0.29) is 12.1 Å². The van der Waals surface area contributed by atoms with E-state index in [9.17, 15) is 0 Å². The van der Waals surface area contributed by atoms with Crippen molar-refractivity contribution in [1.82, 2.24) is 20.4 Å². The van der Waals surface area contributed by atoms with E-state index in [1.807, 2.05) is 14.0 Å². The number of ether oxygens (including phenoxy) is 1. The average Bonchev–Trinajstić information content (AvgIpc) is 2.80.